The zero-order valence-electron chi connectivity index (χ0n) is 11.3. The number of benzene rings is 1. The van der Waals surface area contributed by atoms with Crippen LogP contribution in [-0.4, -0.2) is 26.8 Å². The Morgan fingerprint density at radius 1 is 1.35 bits per heavy atom. The highest BCUT2D eigenvalue weighted by molar-refractivity contribution is 6.06. The van der Waals surface area contributed by atoms with Gasteiger partial charge in [-0.25, -0.2) is 4.79 Å². The van der Waals surface area contributed by atoms with Crippen molar-refractivity contribution in [3.8, 4) is 0 Å². The van der Waals surface area contributed by atoms with Crippen LogP contribution in [0.2, 0.25) is 0 Å². The number of nitrogens with one attached hydrogen (secondary N) is 1. The number of rotatable bonds is 4. The molecule has 0 atom stereocenters. The minimum atomic E-state index is -1.08. The van der Waals surface area contributed by atoms with E-state index in [4.69, 9.17) is 5.11 Å². The van der Waals surface area contributed by atoms with Crippen LogP contribution in [0.1, 0.15) is 33.5 Å². The van der Waals surface area contributed by atoms with E-state index < -0.39 is 5.97 Å². The van der Waals surface area contributed by atoms with Crippen molar-refractivity contribution in [3.63, 3.8) is 0 Å². The molecule has 0 fully saturated rings. The van der Waals surface area contributed by atoms with Crippen molar-refractivity contribution in [2.24, 2.45) is 0 Å². The number of aryl methyl sites for hydroxylation is 2. The topological polar surface area (TPSA) is 84.2 Å². The number of carbonyl (C=O) groups is 2. The van der Waals surface area contributed by atoms with Gasteiger partial charge in [-0.05, 0) is 32.0 Å². The Labute approximate surface area is 116 Å². The molecule has 0 unspecified atom stereocenters. The van der Waals surface area contributed by atoms with Crippen LogP contribution in [-0.2, 0) is 6.54 Å². The van der Waals surface area contributed by atoms with Crippen molar-refractivity contribution >= 4 is 17.6 Å². The van der Waals surface area contributed by atoms with Crippen molar-refractivity contribution < 1.29 is 14.7 Å². The molecule has 0 saturated carbocycles. The maximum Gasteiger partial charge on any atom is 0.337 e. The van der Waals surface area contributed by atoms with E-state index in [1.165, 1.54) is 6.07 Å². The molecular formula is C14H15N3O3. The van der Waals surface area contributed by atoms with Gasteiger partial charge >= 0.3 is 5.97 Å². The molecule has 2 N–H and O–H groups in total. The van der Waals surface area contributed by atoms with Gasteiger partial charge in [0.25, 0.3) is 5.91 Å². The number of anilines is 1. The van der Waals surface area contributed by atoms with E-state index in [1.54, 1.807) is 35.9 Å². The van der Waals surface area contributed by atoms with Crippen LogP contribution in [0.3, 0.4) is 0 Å². The number of para-hydroxylation sites is 1. The van der Waals surface area contributed by atoms with Gasteiger partial charge in [0.2, 0.25) is 0 Å². The standard InChI is InChI=1S/C14H15N3O3/c1-3-17-12(8-9(2)16-17)13(18)15-11-7-5-4-6-10(11)14(19)20/h4-8H,3H2,1-2H3,(H,15,18)(H,19,20). The van der Waals surface area contributed by atoms with Gasteiger partial charge in [0.15, 0.2) is 0 Å². The molecule has 0 aliphatic heterocycles. The van der Waals surface area contributed by atoms with Crippen molar-refractivity contribution in [1.29, 1.82) is 0 Å². The average molecular weight is 273 g/mol. The summed E-state index contributed by atoms with van der Waals surface area (Å²) in [6, 6.07) is 7.95. The van der Waals surface area contributed by atoms with Crippen LogP contribution >= 0.6 is 0 Å². The third-order valence-electron chi connectivity index (χ3n) is 2.84. The summed E-state index contributed by atoms with van der Waals surface area (Å²) in [5.74, 6) is -1.46. The Bertz CT molecular complexity index is 661. The second kappa shape index (κ2) is 5.56. The fourth-order valence-electron chi connectivity index (χ4n) is 1.93. The van der Waals surface area contributed by atoms with Gasteiger partial charge < -0.3 is 10.4 Å². The maximum atomic E-state index is 12.2. The second-order valence-corrected chi connectivity index (χ2v) is 4.29. The quantitative estimate of drug-likeness (QED) is 0.894. The Balaban J connectivity index is 2.30. The molecule has 6 nitrogen and oxygen atoms in total. The number of hydrogen-bond donors (Lipinski definition) is 2. The van der Waals surface area contributed by atoms with E-state index in [9.17, 15) is 9.59 Å². The summed E-state index contributed by atoms with van der Waals surface area (Å²) in [5, 5.41) is 15.9. The molecule has 20 heavy (non-hydrogen) atoms. The van der Waals surface area contributed by atoms with Gasteiger partial charge in [0, 0.05) is 6.54 Å². The van der Waals surface area contributed by atoms with Gasteiger partial charge in [-0.2, -0.15) is 5.10 Å². The molecule has 0 bridgehead atoms. The molecule has 0 radical (unpaired) electrons. The number of carboxylic acids is 1. The Morgan fingerprint density at radius 2 is 2.05 bits per heavy atom. The van der Waals surface area contributed by atoms with Gasteiger partial charge in [-0.3, -0.25) is 9.48 Å². The fraction of sp³-hybridized carbons (Fsp3) is 0.214. The molecule has 0 spiro atoms. The first-order valence-electron chi connectivity index (χ1n) is 6.21. The molecule has 6 heteroatoms. The van der Waals surface area contributed by atoms with Crippen LogP contribution in [0.25, 0.3) is 0 Å². The van der Waals surface area contributed by atoms with Crippen LogP contribution in [0.5, 0.6) is 0 Å². The monoisotopic (exact) mass is 273 g/mol. The fourth-order valence-corrected chi connectivity index (χ4v) is 1.93. The normalized spacial score (nSPS) is 10.3. The van der Waals surface area contributed by atoms with Gasteiger partial charge in [0.05, 0.1) is 16.9 Å². The predicted molar refractivity (Wildman–Crippen MR) is 74.0 cm³/mol. The van der Waals surface area contributed by atoms with Crippen molar-refractivity contribution in [1.82, 2.24) is 9.78 Å². The third kappa shape index (κ3) is 2.69. The molecular weight excluding hydrogens is 258 g/mol. The third-order valence-corrected chi connectivity index (χ3v) is 2.84. The Morgan fingerprint density at radius 3 is 2.70 bits per heavy atom. The van der Waals surface area contributed by atoms with E-state index >= 15 is 0 Å². The number of aromatic nitrogens is 2. The zero-order chi connectivity index (χ0) is 14.7. The first-order chi connectivity index (χ1) is 9.52. The van der Waals surface area contributed by atoms with Crippen LogP contribution in [0, 0.1) is 6.92 Å². The van der Waals surface area contributed by atoms with Crippen molar-refractivity contribution in [2.45, 2.75) is 20.4 Å². The molecule has 0 aliphatic carbocycles. The molecule has 1 aromatic heterocycles. The lowest BCUT2D eigenvalue weighted by Crippen LogP contribution is -2.18. The molecule has 1 heterocycles. The molecule has 1 aromatic carbocycles. The van der Waals surface area contributed by atoms with Crippen LogP contribution in [0.4, 0.5) is 5.69 Å². The summed E-state index contributed by atoms with van der Waals surface area (Å²) in [6.45, 7) is 4.25. The minimum Gasteiger partial charge on any atom is -0.478 e. The number of amides is 1. The number of hydrogen-bond acceptors (Lipinski definition) is 3. The van der Waals surface area contributed by atoms with Crippen molar-refractivity contribution in [3.05, 3.63) is 47.3 Å². The largest absolute Gasteiger partial charge is 0.478 e. The summed E-state index contributed by atoms with van der Waals surface area (Å²) in [4.78, 5) is 23.3. The first-order valence-corrected chi connectivity index (χ1v) is 6.21. The molecule has 2 aromatic rings. The molecule has 0 saturated heterocycles. The highest BCUT2D eigenvalue weighted by atomic mass is 16.4. The summed E-state index contributed by atoms with van der Waals surface area (Å²) in [7, 11) is 0. The number of carboxylic acid groups (broad SMARTS) is 1. The average Bonchev–Trinajstić information content (AvgIpc) is 2.80. The maximum absolute atomic E-state index is 12.2. The van der Waals surface area contributed by atoms with E-state index in [1.807, 2.05) is 6.92 Å². The van der Waals surface area contributed by atoms with Crippen LogP contribution in [0.15, 0.2) is 30.3 Å². The molecule has 0 aliphatic rings. The molecule has 1 amide bonds. The lowest BCUT2D eigenvalue weighted by molar-refractivity contribution is 0.0698. The van der Waals surface area contributed by atoms with Gasteiger partial charge in [-0.15, -0.1) is 0 Å². The highest BCUT2D eigenvalue weighted by Crippen LogP contribution is 2.16. The SMILES string of the molecule is CCn1nc(C)cc1C(=O)Nc1ccccc1C(=O)O. The van der Waals surface area contributed by atoms with E-state index in [2.05, 4.69) is 10.4 Å². The first kappa shape index (κ1) is 13.8. The Hall–Kier alpha value is -2.63. The number of carbonyl (C=O) groups excluding carboxylic acids is 1. The number of nitrogens with zero attached hydrogens (tertiary/aromatic N) is 2. The summed E-state index contributed by atoms with van der Waals surface area (Å²) >= 11 is 0. The smallest absolute Gasteiger partial charge is 0.337 e. The summed E-state index contributed by atoms with van der Waals surface area (Å²) in [5.41, 5.74) is 1.47. The lowest BCUT2D eigenvalue weighted by atomic mass is 10.1. The predicted octanol–water partition coefficient (Wildman–Crippen LogP) is 2.16. The van der Waals surface area contributed by atoms with E-state index in [-0.39, 0.29) is 17.2 Å². The summed E-state index contributed by atoms with van der Waals surface area (Å²) in [6.07, 6.45) is 0. The minimum absolute atomic E-state index is 0.0557. The zero-order valence-corrected chi connectivity index (χ0v) is 11.3. The highest BCUT2D eigenvalue weighted by Gasteiger charge is 2.16. The van der Waals surface area contributed by atoms with E-state index in [0.717, 1.165) is 5.69 Å². The molecule has 104 valence electrons. The van der Waals surface area contributed by atoms with Crippen molar-refractivity contribution in [2.75, 3.05) is 5.32 Å². The number of aromatic carboxylic acids is 1. The van der Waals surface area contributed by atoms with Gasteiger partial charge in [0.1, 0.15) is 5.69 Å². The van der Waals surface area contributed by atoms with E-state index in [0.29, 0.717) is 12.2 Å². The van der Waals surface area contributed by atoms with Crippen LogP contribution < -0.4 is 5.32 Å². The summed E-state index contributed by atoms with van der Waals surface area (Å²) < 4.78 is 1.58. The lowest BCUT2D eigenvalue weighted by Gasteiger charge is -2.09. The van der Waals surface area contributed by atoms with Gasteiger partial charge in [-0.1, -0.05) is 12.1 Å². The second-order valence-electron chi connectivity index (χ2n) is 4.29. The Kier molecular flexibility index (Phi) is 3.84. The molecule has 2 rings (SSSR count).